The number of sulfonamides is 1. The quantitative estimate of drug-likeness (QED) is 0.581. The summed E-state index contributed by atoms with van der Waals surface area (Å²) in [4.78, 5) is 11.2. The van der Waals surface area contributed by atoms with Crippen LogP contribution in [0.25, 0.3) is 11.0 Å². The number of carboxylic acids is 1. The minimum absolute atomic E-state index is 0.0365. The van der Waals surface area contributed by atoms with Crippen LogP contribution in [-0.4, -0.2) is 19.5 Å². The molecule has 124 valence electrons. The summed E-state index contributed by atoms with van der Waals surface area (Å²) in [7, 11) is -3.79. The number of carbonyl (C=O) groups is 1. The molecule has 0 bridgehead atoms. The molecule has 0 aliphatic heterocycles. The number of carboxylic acid groups (broad SMARTS) is 1. The molecule has 3 rings (SSSR count). The molecule has 0 fully saturated rings. The van der Waals surface area contributed by atoms with Crippen molar-refractivity contribution in [2.75, 3.05) is 4.72 Å². The van der Waals surface area contributed by atoms with Crippen molar-refractivity contribution in [3.8, 4) is 0 Å². The smallest absolute Gasteiger partial charge is 0.372 e. The summed E-state index contributed by atoms with van der Waals surface area (Å²) in [6.45, 7) is 1.58. The first-order chi connectivity index (χ1) is 11.3. The van der Waals surface area contributed by atoms with Gasteiger partial charge in [-0.1, -0.05) is 0 Å². The van der Waals surface area contributed by atoms with Crippen molar-refractivity contribution in [1.82, 2.24) is 0 Å². The lowest BCUT2D eigenvalue weighted by Crippen LogP contribution is -2.12. The van der Waals surface area contributed by atoms with Gasteiger partial charge in [-0.15, -0.1) is 0 Å². The molecule has 6 nitrogen and oxygen atoms in total. The Morgan fingerprint density at radius 1 is 1.17 bits per heavy atom. The van der Waals surface area contributed by atoms with Gasteiger partial charge in [0.1, 0.15) is 5.58 Å². The fourth-order valence-corrected chi connectivity index (χ4v) is 3.75. The highest BCUT2D eigenvalue weighted by atomic mass is 127. The molecule has 0 unspecified atom stereocenters. The predicted octanol–water partition coefficient (Wildman–Crippen LogP) is 3.84. The van der Waals surface area contributed by atoms with Gasteiger partial charge in [0, 0.05) is 20.2 Å². The average molecular weight is 457 g/mol. The van der Waals surface area contributed by atoms with Crippen molar-refractivity contribution in [3.05, 3.63) is 57.4 Å². The second-order valence-corrected chi connectivity index (χ2v) is 8.06. The van der Waals surface area contributed by atoms with Crippen LogP contribution < -0.4 is 4.72 Å². The summed E-state index contributed by atoms with van der Waals surface area (Å²) in [5.41, 5.74) is 1.17. The Balaban J connectivity index is 2.03. The molecule has 24 heavy (non-hydrogen) atoms. The van der Waals surface area contributed by atoms with Gasteiger partial charge in [0.05, 0.1) is 4.90 Å². The van der Waals surface area contributed by atoms with E-state index in [-0.39, 0.29) is 10.7 Å². The number of furan rings is 1. The van der Waals surface area contributed by atoms with Crippen LogP contribution in [0.4, 0.5) is 5.69 Å². The highest BCUT2D eigenvalue weighted by molar-refractivity contribution is 14.1. The van der Waals surface area contributed by atoms with Crippen molar-refractivity contribution in [2.45, 2.75) is 11.8 Å². The molecule has 8 heteroatoms. The SMILES string of the molecule is Cc1c(C(=O)O)oc2ccc(S(=O)(=O)Nc3ccc(I)cc3)cc12. The van der Waals surface area contributed by atoms with Gasteiger partial charge in [0.25, 0.3) is 10.0 Å². The van der Waals surface area contributed by atoms with E-state index in [0.29, 0.717) is 22.2 Å². The van der Waals surface area contributed by atoms with E-state index < -0.39 is 16.0 Å². The van der Waals surface area contributed by atoms with Crippen molar-refractivity contribution in [3.63, 3.8) is 0 Å². The van der Waals surface area contributed by atoms with Crippen LogP contribution in [0, 0.1) is 10.5 Å². The minimum Gasteiger partial charge on any atom is -0.475 e. The van der Waals surface area contributed by atoms with Crippen molar-refractivity contribution in [1.29, 1.82) is 0 Å². The van der Waals surface area contributed by atoms with Gasteiger partial charge in [-0.05, 0) is 72.0 Å². The summed E-state index contributed by atoms with van der Waals surface area (Å²) >= 11 is 2.13. The molecular formula is C16H12INO5S. The fourth-order valence-electron chi connectivity index (χ4n) is 2.30. The lowest BCUT2D eigenvalue weighted by Gasteiger charge is -2.08. The number of rotatable bonds is 4. The van der Waals surface area contributed by atoms with Crippen LogP contribution in [-0.2, 0) is 10.0 Å². The zero-order valence-corrected chi connectivity index (χ0v) is 15.4. The summed E-state index contributed by atoms with van der Waals surface area (Å²) in [6.07, 6.45) is 0. The lowest BCUT2D eigenvalue weighted by atomic mass is 10.1. The van der Waals surface area contributed by atoms with Crippen molar-refractivity contribution >= 4 is 55.2 Å². The largest absolute Gasteiger partial charge is 0.475 e. The van der Waals surface area contributed by atoms with E-state index in [9.17, 15) is 13.2 Å². The number of halogens is 1. The first-order valence-corrected chi connectivity index (χ1v) is 9.39. The summed E-state index contributed by atoms with van der Waals surface area (Å²) in [5, 5.41) is 9.54. The Labute approximate surface area is 151 Å². The molecule has 2 aromatic carbocycles. The Bertz CT molecular complexity index is 1040. The van der Waals surface area contributed by atoms with Crippen LogP contribution in [0.2, 0.25) is 0 Å². The molecule has 0 spiro atoms. The van der Waals surface area contributed by atoms with Crippen LogP contribution in [0.3, 0.4) is 0 Å². The predicted molar refractivity (Wildman–Crippen MR) is 97.9 cm³/mol. The van der Waals surface area contributed by atoms with Gasteiger partial charge < -0.3 is 9.52 Å². The lowest BCUT2D eigenvalue weighted by molar-refractivity contribution is 0.0664. The Kier molecular flexibility index (Phi) is 4.26. The molecule has 0 aliphatic carbocycles. The maximum atomic E-state index is 12.5. The highest BCUT2D eigenvalue weighted by Crippen LogP contribution is 2.28. The fraction of sp³-hybridized carbons (Fsp3) is 0.0625. The Hall–Kier alpha value is -2.07. The normalized spacial score (nSPS) is 11.6. The van der Waals surface area contributed by atoms with Gasteiger partial charge in [-0.25, -0.2) is 13.2 Å². The van der Waals surface area contributed by atoms with E-state index in [2.05, 4.69) is 27.3 Å². The summed E-state index contributed by atoms with van der Waals surface area (Å²) in [5.74, 6) is -1.38. The topological polar surface area (TPSA) is 96.6 Å². The number of nitrogens with one attached hydrogen (secondary N) is 1. The molecule has 0 atom stereocenters. The molecule has 0 radical (unpaired) electrons. The van der Waals surface area contributed by atoms with Gasteiger partial charge in [0.2, 0.25) is 5.76 Å². The molecule has 0 saturated heterocycles. The molecule has 0 aliphatic rings. The van der Waals surface area contributed by atoms with E-state index in [4.69, 9.17) is 9.52 Å². The number of anilines is 1. The summed E-state index contributed by atoms with van der Waals surface area (Å²) in [6, 6.07) is 11.2. The Morgan fingerprint density at radius 3 is 2.46 bits per heavy atom. The maximum Gasteiger partial charge on any atom is 0.372 e. The first kappa shape index (κ1) is 16.8. The second-order valence-electron chi connectivity index (χ2n) is 5.13. The number of hydrogen-bond acceptors (Lipinski definition) is 4. The molecule has 1 heterocycles. The summed E-state index contributed by atoms with van der Waals surface area (Å²) < 4.78 is 33.8. The van der Waals surface area contributed by atoms with Crippen LogP contribution in [0.5, 0.6) is 0 Å². The first-order valence-electron chi connectivity index (χ1n) is 6.83. The number of aryl methyl sites for hydroxylation is 1. The number of hydrogen-bond donors (Lipinski definition) is 2. The monoisotopic (exact) mass is 457 g/mol. The molecule has 0 amide bonds. The van der Waals surface area contributed by atoms with E-state index in [1.807, 2.05) is 0 Å². The minimum atomic E-state index is -3.79. The molecule has 0 saturated carbocycles. The number of aromatic carboxylic acids is 1. The number of fused-ring (bicyclic) bond motifs is 1. The van der Waals surface area contributed by atoms with Crippen LogP contribution >= 0.6 is 22.6 Å². The molecule has 3 aromatic rings. The molecule has 1 aromatic heterocycles. The average Bonchev–Trinajstić information content (AvgIpc) is 2.86. The van der Waals surface area contributed by atoms with Gasteiger partial charge >= 0.3 is 5.97 Å². The van der Waals surface area contributed by atoms with Gasteiger partial charge in [-0.3, -0.25) is 4.72 Å². The van der Waals surface area contributed by atoms with E-state index in [1.165, 1.54) is 18.2 Å². The Morgan fingerprint density at radius 2 is 1.83 bits per heavy atom. The van der Waals surface area contributed by atoms with E-state index >= 15 is 0 Å². The van der Waals surface area contributed by atoms with E-state index in [1.54, 1.807) is 31.2 Å². The highest BCUT2D eigenvalue weighted by Gasteiger charge is 2.20. The van der Waals surface area contributed by atoms with Crippen LogP contribution in [0.15, 0.2) is 51.8 Å². The zero-order valence-electron chi connectivity index (χ0n) is 12.4. The third-order valence-corrected chi connectivity index (χ3v) is 5.61. The standard InChI is InChI=1S/C16H12INO5S/c1-9-13-8-12(6-7-14(13)23-15(9)16(19)20)24(21,22)18-11-4-2-10(17)3-5-11/h2-8,18H,1H3,(H,19,20). The van der Waals surface area contributed by atoms with Gasteiger partial charge in [0.15, 0.2) is 0 Å². The molecular weight excluding hydrogens is 445 g/mol. The third-order valence-electron chi connectivity index (χ3n) is 3.51. The second kappa shape index (κ2) is 6.10. The zero-order chi connectivity index (χ0) is 17.5. The maximum absolute atomic E-state index is 12.5. The molecule has 2 N–H and O–H groups in total. The van der Waals surface area contributed by atoms with Crippen LogP contribution in [0.1, 0.15) is 16.1 Å². The number of benzene rings is 2. The third kappa shape index (κ3) is 3.11. The van der Waals surface area contributed by atoms with Crippen molar-refractivity contribution in [2.24, 2.45) is 0 Å². The van der Waals surface area contributed by atoms with Gasteiger partial charge in [-0.2, -0.15) is 0 Å². The van der Waals surface area contributed by atoms with E-state index in [0.717, 1.165) is 3.57 Å². The van der Waals surface area contributed by atoms with Crippen molar-refractivity contribution < 1.29 is 22.7 Å².